The average molecular weight is 394 g/mol. The van der Waals surface area contributed by atoms with Gasteiger partial charge in [0.05, 0.1) is 10.7 Å². The van der Waals surface area contributed by atoms with Crippen LogP contribution in [-0.4, -0.2) is 13.6 Å². The van der Waals surface area contributed by atoms with Gasteiger partial charge in [0, 0.05) is 16.1 Å². The van der Waals surface area contributed by atoms with Crippen LogP contribution in [0.2, 0.25) is 5.02 Å². The minimum Gasteiger partial charge on any atom is -0.361 e. The Bertz CT molecular complexity index is 754. The van der Waals surface area contributed by atoms with Crippen LogP contribution in [0.1, 0.15) is 30.0 Å². The van der Waals surface area contributed by atoms with Crippen molar-refractivity contribution < 1.29 is 12.9 Å². The molecule has 0 aliphatic carbocycles. The molecule has 0 aliphatic heterocycles. The molecule has 0 amide bonds. The molecule has 0 aliphatic rings. The first-order chi connectivity index (χ1) is 9.72. The lowest BCUT2D eigenvalue weighted by molar-refractivity contribution is 0.391. The highest BCUT2D eigenvalue weighted by molar-refractivity contribution is 9.10. The zero-order valence-electron chi connectivity index (χ0n) is 11.6. The fraction of sp³-hybridized carbons (Fsp3) is 0.308. The molecule has 21 heavy (non-hydrogen) atoms. The molecule has 1 atom stereocenters. The lowest BCUT2D eigenvalue weighted by atomic mass is 10.1. The van der Waals surface area contributed by atoms with E-state index in [0.717, 1.165) is 5.56 Å². The van der Waals surface area contributed by atoms with Crippen LogP contribution in [0.15, 0.2) is 32.1 Å². The van der Waals surface area contributed by atoms with Crippen molar-refractivity contribution in [3.05, 3.63) is 44.7 Å². The van der Waals surface area contributed by atoms with Gasteiger partial charge in [-0.1, -0.05) is 32.7 Å². The average Bonchev–Trinajstić information content (AvgIpc) is 2.67. The maximum Gasteiger partial charge on any atom is 0.242 e. The number of benzene rings is 1. The Labute approximate surface area is 136 Å². The van der Waals surface area contributed by atoms with Crippen LogP contribution >= 0.6 is 27.5 Å². The Morgan fingerprint density at radius 2 is 2.05 bits per heavy atom. The second-order valence-corrected chi connectivity index (χ2v) is 7.66. The normalized spacial score (nSPS) is 13.4. The van der Waals surface area contributed by atoms with Gasteiger partial charge in [-0.15, -0.1) is 0 Å². The zero-order valence-corrected chi connectivity index (χ0v) is 14.8. The molecule has 0 saturated carbocycles. The monoisotopic (exact) mass is 392 g/mol. The molecular weight excluding hydrogens is 380 g/mol. The molecule has 1 heterocycles. The lowest BCUT2D eigenvalue weighted by Crippen LogP contribution is -2.27. The summed E-state index contributed by atoms with van der Waals surface area (Å²) in [5.41, 5.74) is 1.39. The third-order valence-corrected chi connectivity index (χ3v) is 5.55. The second-order valence-electron chi connectivity index (χ2n) is 4.66. The van der Waals surface area contributed by atoms with Crippen molar-refractivity contribution in [2.45, 2.75) is 31.7 Å². The van der Waals surface area contributed by atoms with Gasteiger partial charge in [-0.05, 0) is 39.0 Å². The van der Waals surface area contributed by atoms with Crippen LogP contribution in [0, 0.1) is 13.8 Å². The zero-order chi connectivity index (χ0) is 15.8. The summed E-state index contributed by atoms with van der Waals surface area (Å²) in [5, 5.41) is 3.98. The standard InChI is InChI=1S/C13H14BrClN2O3S/c1-7-13(9(3)20-16-7)8(2)17-21(18,19)12-5-4-10(14)6-11(12)15/h4-6,8,17H,1-3H3. The SMILES string of the molecule is Cc1noc(C)c1C(C)NS(=O)(=O)c1ccc(Br)cc1Cl. The number of hydrogen-bond donors (Lipinski definition) is 1. The molecule has 1 aromatic carbocycles. The molecule has 5 nitrogen and oxygen atoms in total. The van der Waals surface area contributed by atoms with Crippen molar-refractivity contribution in [3.63, 3.8) is 0 Å². The predicted molar refractivity (Wildman–Crippen MR) is 83.9 cm³/mol. The van der Waals surface area contributed by atoms with E-state index in [1.807, 2.05) is 0 Å². The Balaban J connectivity index is 2.33. The van der Waals surface area contributed by atoms with E-state index in [1.54, 1.807) is 26.8 Å². The van der Waals surface area contributed by atoms with E-state index in [-0.39, 0.29) is 9.92 Å². The Morgan fingerprint density at radius 3 is 2.57 bits per heavy atom. The first-order valence-electron chi connectivity index (χ1n) is 6.12. The molecule has 1 unspecified atom stereocenters. The van der Waals surface area contributed by atoms with Crippen molar-refractivity contribution >= 4 is 37.6 Å². The van der Waals surface area contributed by atoms with Crippen molar-refractivity contribution in [2.75, 3.05) is 0 Å². The van der Waals surface area contributed by atoms with E-state index in [2.05, 4.69) is 25.8 Å². The summed E-state index contributed by atoms with van der Waals surface area (Å²) in [6, 6.07) is 4.15. The molecule has 0 spiro atoms. The molecule has 0 saturated heterocycles. The third kappa shape index (κ3) is 3.48. The van der Waals surface area contributed by atoms with Crippen molar-refractivity contribution in [2.24, 2.45) is 0 Å². The van der Waals surface area contributed by atoms with Gasteiger partial charge in [-0.25, -0.2) is 13.1 Å². The van der Waals surface area contributed by atoms with Gasteiger partial charge in [-0.2, -0.15) is 0 Å². The molecule has 1 N–H and O–H groups in total. The van der Waals surface area contributed by atoms with Gasteiger partial charge in [0.2, 0.25) is 10.0 Å². The van der Waals surface area contributed by atoms with Crippen molar-refractivity contribution in [3.8, 4) is 0 Å². The molecule has 0 radical (unpaired) electrons. The molecular formula is C13H14BrClN2O3S. The van der Waals surface area contributed by atoms with Crippen molar-refractivity contribution in [1.82, 2.24) is 9.88 Å². The summed E-state index contributed by atoms with van der Waals surface area (Å²) >= 11 is 9.25. The van der Waals surface area contributed by atoms with E-state index < -0.39 is 16.1 Å². The summed E-state index contributed by atoms with van der Waals surface area (Å²) in [7, 11) is -3.74. The largest absolute Gasteiger partial charge is 0.361 e. The minimum absolute atomic E-state index is 0.0333. The number of aromatic nitrogens is 1. The second kappa shape index (κ2) is 6.08. The molecule has 1 aromatic heterocycles. The minimum atomic E-state index is -3.74. The maximum atomic E-state index is 12.4. The predicted octanol–water partition coefficient (Wildman–Crippen LogP) is 3.75. The van der Waals surface area contributed by atoms with E-state index in [0.29, 0.717) is 15.9 Å². The number of aryl methyl sites for hydroxylation is 2. The highest BCUT2D eigenvalue weighted by atomic mass is 79.9. The molecule has 0 fully saturated rings. The van der Waals surface area contributed by atoms with E-state index in [1.165, 1.54) is 12.1 Å². The van der Waals surface area contributed by atoms with Crippen molar-refractivity contribution in [1.29, 1.82) is 0 Å². The fourth-order valence-corrected chi connectivity index (χ4v) is 4.41. The summed E-state index contributed by atoms with van der Waals surface area (Å²) in [4.78, 5) is 0.0333. The molecule has 8 heteroatoms. The number of halogens is 2. The number of sulfonamides is 1. The summed E-state index contributed by atoms with van der Waals surface area (Å²) < 4.78 is 33.2. The van der Waals surface area contributed by atoms with Crippen LogP contribution in [0.4, 0.5) is 0 Å². The van der Waals surface area contributed by atoms with Crippen LogP contribution < -0.4 is 4.72 Å². The number of nitrogens with one attached hydrogen (secondary N) is 1. The highest BCUT2D eigenvalue weighted by Crippen LogP contribution is 2.28. The van der Waals surface area contributed by atoms with Crippen LogP contribution in [-0.2, 0) is 10.0 Å². The van der Waals surface area contributed by atoms with Gasteiger partial charge in [0.15, 0.2) is 0 Å². The van der Waals surface area contributed by atoms with E-state index in [4.69, 9.17) is 16.1 Å². The maximum absolute atomic E-state index is 12.4. The Hall–Kier alpha value is -0.890. The molecule has 2 aromatic rings. The van der Waals surface area contributed by atoms with Crippen LogP contribution in [0.25, 0.3) is 0 Å². The first kappa shape index (κ1) is 16.5. The summed E-state index contributed by atoms with van der Waals surface area (Å²) in [6.07, 6.45) is 0. The highest BCUT2D eigenvalue weighted by Gasteiger charge is 2.24. The van der Waals surface area contributed by atoms with E-state index >= 15 is 0 Å². The van der Waals surface area contributed by atoms with Gasteiger partial charge in [-0.3, -0.25) is 0 Å². The van der Waals surface area contributed by atoms with Gasteiger partial charge in [0.25, 0.3) is 0 Å². The fourth-order valence-electron chi connectivity index (χ4n) is 2.16. The Morgan fingerprint density at radius 1 is 1.38 bits per heavy atom. The topological polar surface area (TPSA) is 72.2 Å². The third-order valence-electron chi connectivity index (χ3n) is 3.04. The summed E-state index contributed by atoms with van der Waals surface area (Å²) in [5.74, 6) is 0.588. The summed E-state index contributed by atoms with van der Waals surface area (Å²) in [6.45, 7) is 5.24. The number of rotatable bonds is 4. The molecule has 114 valence electrons. The quantitative estimate of drug-likeness (QED) is 0.858. The van der Waals surface area contributed by atoms with Crippen LogP contribution in [0.3, 0.4) is 0 Å². The smallest absolute Gasteiger partial charge is 0.242 e. The van der Waals surface area contributed by atoms with Gasteiger partial charge < -0.3 is 4.52 Å². The van der Waals surface area contributed by atoms with Crippen LogP contribution in [0.5, 0.6) is 0 Å². The first-order valence-corrected chi connectivity index (χ1v) is 8.78. The molecule has 0 bridgehead atoms. The van der Waals surface area contributed by atoms with Gasteiger partial charge >= 0.3 is 0 Å². The molecule has 2 rings (SSSR count). The number of hydrogen-bond acceptors (Lipinski definition) is 4. The van der Waals surface area contributed by atoms with E-state index in [9.17, 15) is 8.42 Å². The lowest BCUT2D eigenvalue weighted by Gasteiger charge is -2.15. The Kier molecular flexibility index (Phi) is 4.77. The number of nitrogens with zero attached hydrogens (tertiary/aromatic N) is 1. The van der Waals surface area contributed by atoms with Gasteiger partial charge in [0.1, 0.15) is 10.7 Å².